The lowest BCUT2D eigenvalue weighted by atomic mass is 10.1. The van der Waals surface area contributed by atoms with Gasteiger partial charge in [0, 0.05) is 5.69 Å². The highest BCUT2D eigenvalue weighted by Gasteiger charge is 2.04. The summed E-state index contributed by atoms with van der Waals surface area (Å²) < 4.78 is 0. The van der Waals surface area contributed by atoms with E-state index in [-0.39, 0.29) is 5.91 Å². The molecule has 0 radical (unpaired) electrons. The summed E-state index contributed by atoms with van der Waals surface area (Å²) in [6.07, 6.45) is 2.05. The number of hydrogen-bond acceptors (Lipinski definition) is 2. The maximum absolute atomic E-state index is 11.8. The number of nitrogens with one attached hydrogen (secondary N) is 1. The van der Waals surface area contributed by atoms with Gasteiger partial charge in [-0.05, 0) is 31.5 Å². The molecule has 3 nitrogen and oxygen atoms in total. The van der Waals surface area contributed by atoms with E-state index in [1.165, 1.54) is 5.56 Å². The third-order valence-corrected chi connectivity index (χ3v) is 2.68. The molecule has 2 rings (SSSR count). The van der Waals surface area contributed by atoms with Crippen LogP contribution in [0, 0.1) is 13.8 Å². The van der Waals surface area contributed by atoms with Crippen molar-refractivity contribution < 1.29 is 4.79 Å². The Bertz CT molecular complexity index is 480. The molecule has 3 heteroatoms. The molecule has 1 N–H and O–H groups in total. The first kappa shape index (κ1) is 12.3. The molecule has 1 aromatic carbocycles. The molecule has 0 aliphatic heterocycles. The Hall–Kier alpha value is -2.16. The highest BCUT2D eigenvalue weighted by molar-refractivity contribution is 5.92. The van der Waals surface area contributed by atoms with Gasteiger partial charge in [0.05, 0.1) is 18.3 Å². The van der Waals surface area contributed by atoms with E-state index in [1.807, 2.05) is 50.2 Å². The van der Waals surface area contributed by atoms with Gasteiger partial charge in [0.1, 0.15) is 0 Å². The van der Waals surface area contributed by atoms with E-state index >= 15 is 0 Å². The molecule has 2 aromatic rings. The zero-order valence-electron chi connectivity index (χ0n) is 10.6. The van der Waals surface area contributed by atoms with Crippen molar-refractivity contribution in [2.75, 3.05) is 5.32 Å². The molecular weight excluding hydrogens is 224 g/mol. The number of pyridine rings is 1. The smallest absolute Gasteiger partial charge is 0.228 e. The van der Waals surface area contributed by atoms with Gasteiger partial charge in [-0.2, -0.15) is 0 Å². The fourth-order valence-electron chi connectivity index (χ4n) is 1.64. The number of amides is 1. The van der Waals surface area contributed by atoms with Crippen molar-refractivity contribution in [1.29, 1.82) is 0 Å². The maximum Gasteiger partial charge on any atom is 0.228 e. The molecule has 92 valence electrons. The van der Waals surface area contributed by atoms with Gasteiger partial charge in [0.25, 0.3) is 0 Å². The van der Waals surface area contributed by atoms with E-state index in [1.54, 1.807) is 6.20 Å². The summed E-state index contributed by atoms with van der Waals surface area (Å²) in [5.41, 5.74) is 3.88. The third kappa shape index (κ3) is 3.42. The van der Waals surface area contributed by atoms with Crippen LogP contribution in [0.25, 0.3) is 0 Å². The van der Waals surface area contributed by atoms with Crippen LogP contribution in [-0.2, 0) is 11.2 Å². The van der Waals surface area contributed by atoms with Gasteiger partial charge < -0.3 is 5.32 Å². The van der Waals surface area contributed by atoms with Crippen molar-refractivity contribution in [3.63, 3.8) is 0 Å². The third-order valence-electron chi connectivity index (χ3n) is 2.68. The molecule has 1 heterocycles. The fourth-order valence-corrected chi connectivity index (χ4v) is 1.64. The highest BCUT2D eigenvalue weighted by atomic mass is 16.1. The minimum absolute atomic E-state index is 0.0236. The van der Waals surface area contributed by atoms with Crippen LogP contribution in [0.4, 0.5) is 5.69 Å². The van der Waals surface area contributed by atoms with Crippen molar-refractivity contribution >= 4 is 11.6 Å². The Morgan fingerprint density at radius 1 is 1.11 bits per heavy atom. The average Bonchev–Trinajstić information content (AvgIpc) is 2.35. The number of hydrogen-bond donors (Lipinski definition) is 1. The molecule has 0 atom stereocenters. The van der Waals surface area contributed by atoms with Crippen molar-refractivity contribution in [3.8, 4) is 0 Å². The van der Waals surface area contributed by atoms with Crippen LogP contribution in [-0.4, -0.2) is 10.9 Å². The van der Waals surface area contributed by atoms with Crippen molar-refractivity contribution in [2.45, 2.75) is 20.3 Å². The second kappa shape index (κ2) is 5.45. The molecule has 0 bridgehead atoms. The van der Waals surface area contributed by atoms with Crippen LogP contribution >= 0.6 is 0 Å². The topological polar surface area (TPSA) is 42.0 Å². The van der Waals surface area contributed by atoms with Crippen LogP contribution in [0.3, 0.4) is 0 Å². The van der Waals surface area contributed by atoms with E-state index in [4.69, 9.17) is 0 Å². The molecule has 0 unspecified atom stereocenters. The lowest BCUT2D eigenvalue weighted by Gasteiger charge is -2.05. The Morgan fingerprint density at radius 3 is 2.44 bits per heavy atom. The summed E-state index contributed by atoms with van der Waals surface area (Å²) >= 11 is 0. The van der Waals surface area contributed by atoms with Gasteiger partial charge >= 0.3 is 0 Å². The van der Waals surface area contributed by atoms with Gasteiger partial charge in [0.15, 0.2) is 0 Å². The SMILES string of the molecule is Cc1ccc(CC(=O)Nc2ccc(C)nc2)cc1. The van der Waals surface area contributed by atoms with Crippen molar-refractivity contribution in [1.82, 2.24) is 4.98 Å². The molecule has 0 aliphatic rings. The number of aryl methyl sites for hydroxylation is 2. The summed E-state index contributed by atoms with van der Waals surface area (Å²) in [4.78, 5) is 15.9. The zero-order chi connectivity index (χ0) is 13.0. The number of carbonyl (C=O) groups excluding carboxylic acids is 1. The van der Waals surface area contributed by atoms with Crippen molar-refractivity contribution in [2.24, 2.45) is 0 Å². The van der Waals surface area contributed by atoms with Crippen LogP contribution in [0.1, 0.15) is 16.8 Å². The first-order valence-electron chi connectivity index (χ1n) is 5.91. The molecular formula is C15H16N2O. The molecule has 0 aliphatic carbocycles. The van der Waals surface area contributed by atoms with E-state index in [0.29, 0.717) is 6.42 Å². The number of benzene rings is 1. The first-order chi connectivity index (χ1) is 8.63. The summed E-state index contributed by atoms with van der Waals surface area (Å²) in [7, 11) is 0. The fraction of sp³-hybridized carbons (Fsp3) is 0.200. The largest absolute Gasteiger partial charge is 0.324 e. The standard InChI is InChI=1S/C15H16N2O/c1-11-3-6-13(7-4-11)9-15(18)17-14-8-5-12(2)16-10-14/h3-8,10H,9H2,1-2H3,(H,17,18). The number of aromatic nitrogens is 1. The minimum atomic E-state index is -0.0236. The Kier molecular flexibility index (Phi) is 3.72. The number of nitrogens with zero attached hydrogens (tertiary/aromatic N) is 1. The quantitative estimate of drug-likeness (QED) is 0.896. The van der Waals surface area contributed by atoms with E-state index in [2.05, 4.69) is 10.3 Å². The number of rotatable bonds is 3. The predicted octanol–water partition coefficient (Wildman–Crippen LogP) is 2.88. The van der Waals surface area contributed by atoms with E-state index in [0.717, 1.165) is 16.9 Å². The number of carbonyl (C=O) groups is 1. The van der Waals surface area contributed by atoms with E-state index in [9.17, 15) is 4.79 Å². The predicted molar refractivity (Wildman–Crippen MR) is 72.5 cm³/mol. The van der Waals surface area contributed by atoms with Crippen LogP contribution in [0.5, 0.6) is 0 Å². The van der Waals surface area contributed by atoms with Gasteiger partial charge in [-0.1, -0.05) is 29.8 Å². The molecule has 1 aromatic heterocycles. The monoisotopic (exact) mass is 240 g/mol. The molecule has 0 spiro atoms. The summed E-state index contributed by atoms with van der Waals surface area (Å²) in [5, 5.41) is 2.83. The molecule has 0 saturated heterocycles. The second-order valence-corrected chi connectivity index (χ2v) is 4.40. The lowest BCUT2D eigenvalue weighted by molar-refractivity contribution is -0.115. The van der Waals surface area contributed by atoms with Gasteiger partial charge in [0.2, 0.25) is 5.91 Å². The van der Waals surface area contributed by atoms with E-state index < -0.39 is 0 Å². The summed E-state index contributed by atoms with van der Waals surface area (Å²) in [6, 6.07) is 11.7. The Labute approximate surface area is 107 Å². The normalized spacial score (nSPS) is 10.1. The van der Waals surface area contributed by atoms with Crippen LogP contribution < -0.4 is 5.32 Å². The molecule has 18 heavy (non-hydrogen) atoms. The second-order valence-electron chi connectivity index (χ2n) is 4.40. The van der Waals surface area contributed by atoms with Crippen LogP contribution in [0.2, 0.25) is 0 Å². The Balaban J connectivity index is 1.96. The van der Waals surface area contributed by atoms with Crippen molar-refractivity contribution in [3.05, 3.63) is 59.4 Å². The lowest BCUT2D eigenvalue weighted by Crippen LogP contribution is -2.14. The first-order valence-corrected chi connectivity index (χ1v) is 5.91. The summed E-state index contributed by atoms with van der Waals surface area (Å²) in [5.74, 6) is -0.0236. The maximum atomic E-state index is 11.8. The minimum Gasteiger partial charge on any atom is -0.324 e. The van der Waals surface area contributed by atoms with Gasteiger partial charge in [-0.15, -0.1) is 0 Å². The number of anilines is 1. The molecule has 1 amide bonds. The van der Waals surface area contributed by atoms with Gasteiger partial charge in [-0.25, -0.2) is 0 Å². The Morgan fingerprint density at radius 2 is 1.83 bits per heavy atom. The van der Waals surface area contributed by atoms with Gasteiger partial charge in [-0.3, -0.25) is 9.78 Å². The highest BCUT2D eigenvalue weighted by Crippen LogP contribution is 2.08. The van der Waals surface area contributed by atoms with Crippen LogP contribution in [0.15, 0.2) is 42.6 Å². The summed E-state index contributed by atoms with van der Waals surface area (Å²) in [6.45, 7) is 3.94. The molecule has 0 fully saturated rings. The molecule has 0 saturated carbocycles. The zero-order valence-corrected chi connectivity index (χ0v) is 10.6. The average molecular weight is 240 g/mol.